The fraction of sp³-hybridized carbons (Fsp3) is 0.333. The summed E-state index contributed by atoms with van der Waals surface area (Å²) in [5.41, 5.74) is 1.09. The van der Waals surface area contributed by atoms with Gasteiger partial charge in [-0.2, -0.15) is 5.10 Å². The van der Waals surface area contributed by atoms with Gasteiger partial charge >= 0.3 is 0 Å². The minimum Gasteiger partial charge on any atom is -0.494 e. The highest BCUT2D eigenvalue weighted by Gasteiger charge is 2.21. The van der Waals surface area contributed by atoms with Crippen LogP contribution in [0.15, 0.2) is 53.8 Å². The first kappa shape index (κ1) is 15.3. The van der Waals surface area contributed by atoms with Crippen molar-refractivity contribution in [2.75, 3.05) is 37.7 Å². The average Bonchev–Trinajstić information content (AvgIpc) is 2.63. The largest absolute Gasteiger partial charge is 0.494 e. The molecule has 1 aromatic heterocycles. The minimum absolute atomic E-state index is 0.691. The molecule has 5 heteroatoms. The van der Waals surface area contributed by atoms with Gasteiger partial charge in [0.25, 0.3) is 5.82 Å². The molecule has 0 unspecified atom stereocenters. The molecule has 0 saturated carbocycles. The predicted octanol–water partition coefficient (Wildman–Crippen LogP) is 2.06. The molecule has 1 saturated heterocycles. The lowest BCUT2D eigenvalue weighted by Gasteiger charge is -2.28. The zero-order valence-corrected chi connectivity index (χ0v) is 13.5. The number of anilines is 1. The van der Waals surface area contributed by atoms with Crippen molar-refractivity contribution in [2.24, 2.45) is 5.10 Å². The molecule has 0 radical (unpaired) electrons. The first-order valence-corrected chi connectivity index (χ1v) is 8.08. The summed E-state index contributed by atoms with van der Waals surface area (Å²) in [5.74, 6) is 2.07. The Morgan fingerprint density at radius 3 is 2.52 bits per heavy atom. The van der Waals surface area contributed by atoms with Crippen molar-refractivity contribution >= 4 is 12.0 Å². The van der Waals surface area contributed by atoms with E-state index < -0.39 is 0 Å². The molecule has 1 fully saturated rings. The van der Waals surface area contributed by atoms with Crippen molar-refractivity contribution in [3.63, 3.8) is 0 Å². The summed E-state index contributed by atoms with van der Waals surface area (Å²) in [6.07, 6.45) is 3.88. The van der Waals surface area contributed by atoms with Gasteiger partial charge in [-0.05, 0) is 42.8 Å². The quantitative estimate of drug-likeness (QED) is 0.794. The van der Waals surface area contributed by atoms with E-state index in [1.165, 1.54) is 5.82 Å². The first-order chi connectivity index (χ1) is 11.3. The van der Waals surface area contributed by atoms with Gasteiger partial charge in [0.2, 0.25) is 0 Å². The van der Waals surface area contributed by atoms with E-state index in [0.717, 1.165) is 37.5 Å². The fourth-order valence-electron chi connectivity index (χ4n) is 2.60. The Labute approximate surface area is 137 Å². The molecule has 3 rings (SSSR count). The van der Waals surface area contributed by atoms with Crippen molar-refractivity contribution < 1.29 is 9.72 Å². The molecule has 1 aromatic carbocycles. The lowest BCUT2D eigenvalue weighted by Crippen LogP contribution is -2.45. The number of hydrogen-bond donors (Lipinski definition) is 0. The van der Waals surface area contributed by atoms with Crippen molar-refractivity contribution in [1.29, 1.82) is 0 Å². The molecular formula is C18H23N4O+. The zero-order valence-electron chi connectivity index (χ0n) is 13.5. The van der Waals surface area contributed by atoms with E-state index in [-0.39, 0.29) is 0 Å². The highest BCUT2D eigenvalue weighted by atomic mass is 16.5. The van der Waals surface area contributed by atoms with Crippen LogP contribution >= 0.6 is 0 Å². The van der Waals surface area contributed by atoms with Gasteiger partial charge in [0.05, 0.1) is 32.1 Å². The Balaban J connectivity index is 1.52. The van der Waals surface area contributed by atoms with Crippen LogP contribution < -0.4 is 14.6 Å². The number of nitrogens with zero attached hydrogens (tertiary/aromatic N) is 3. The summed E-state index contributed by atoms with van der Waals surface area (Å²) < 4.78 is 5.45. The number of nitrogens with one attached hydrogen (secondary N) is 1. The van der Waals surface area contributed by atoms with E-state index >= 15 is 0 Å². The lowest BCUT2D eigenvalue weighted by molar-refractivity contribution is -0.364. The number of H-pyrrole nitrogens is 1. The van der Waals surface area contributed by atoms with Crippen LogP contribution in [0.4, 0.5) is 5.82 Å². The van der Waals surface area contributed by atoms with Crippen molar-refractivity contribution in [1.82, 2.24) is 5.01 Å². The van der Waals surface area contributed by atoms with Crippen molar-refractivity contribution in [3.8, 4) is 5.75 Å². The van der Waals surface area contributed by atoms with E-state index in [0.29, 0.717) is 6.61 Å². The molecule has 1 aliphatic rings. The minimum atomic E-state index is 0.691. The Morgan fingerprint density at radius 2 is 1.87 bits per heavy atom. The zero-order chi connectivity index (χ0) is 15.9. The third kappa shape index (κ3) is 4.22. The second-order valence-corrected chi connectivity index (χ2v) is 5.44. The molecule has 0 amide bonds. The van der Waals surface area contributed by atoms with E-state index in [2.05, 4.69) is 32.1 Å². The third-order valence-corrected chi connectivity index (χ3v) is 3.85. The second kappa shape index (κ2) is 7.63. The molecule has 0 atom stereocenters. The first-order valence-electron chi connectivity index (χ1n) is 8.08. The van der Waals surface area contributed by atoms with Gasteiger partial charge in [0.1, 0.15) is 18.8 Å². The van der Waals surface area contributed by atoms with Crippen LogP contribution in [0.3, 0.4) is 0 Å². The lowest BCUT2D eigenvalue weighted by atomic mass is 10.2. The van der Waals surface area contributed by atoms with Crippen molar-refractivity contribution in [2.45, 2.75) is 6.92 Å². The number of aromatic amines is 1. The summed E-state index contributed by atoms with van der Waals surface area (Å²) in [4.78, 5) is 5.63. The average molecular weight is 311 g/mol. The van der Waals surface area contributed by atoms with E-state index in [1.807, 2.05) is 49.7 Å². The van der Waals surface area contributed by atoms with Crippen LogP contribution in [0.25, 0.3) is 0 Å². The van der Waals surface area contributed by atoms with Crippen LogP contribution in [0.1, 0.15) is 12.5 Å². The van der Waals surface area contributed by atoms with E-state index in [4.69, 9.17) is 4.74 Å². The fourth-order valence-corrected chi connectivity index (χ4v) is 2.60. The summed E-state index contributed by atoms with van der Waals surface area (Å²) >= 11 is 0. The summed E-state index contributed by atoms with van der Waals surface area (Å²) in [7, 11) is 0. The van der Waals surface area contributed by atoms with E-state index in [9.17, 15) is 0 Å². The van der Waals surface area contributed by atoms with Gasteiger partial charge in [-0.3, -0.25) is 9.91 Å². The maximum atomic E-state index is 5.45. The number of hydrazone groups is 1. The maximum Gasteiger partial charge on any atom is 0.274 e. The Hall–Kier alpha value is -2.56. The topological polar surface area (TPSA) is 42.2 Å². The van der Waals surface area contributed by atoms with Gasteiger partial charge in [0, 0.05) is 6.07 Å². The molecule has 1 N–H and O–H groups in total. The van der Waals surface area contributed by atoms with Gasteiger partial charge in [-0.1, -0.05) is 6.07 Å². The number of aromatic nitrogens is 1. The molecule has 0 bridgehead atoms. The van der Waals surface area contributed by atoms with Crippen LogP contribution in [-0.2, 0) is 0 Å². The SMILES string of the molecule is CCOc1ccc(/C=N\N2CCN(c3cccc[nH+]3)CC2)cc1. The standard InChI is InChI=1S/C18H22N4O/c1-2-23-17-8-6-16(7-9-17)15-20-22-13-11-21(12-14-22)18-5-3-4-10-19-18/h3-10,15H,2,11-14H2,1H3/p+1/b20-15-. The Kier molecular flexibility index (Phi) is 5.09. The summed E-state index contributed by atoms with van der Waals surface area (Å²) in [6, 6.07) is 14.2. The normalized spacial score (nSPS) is 15.2. The van der Waals surface area contributed by atoms with Gasteiger partial charge in [-0.25, -0.2) is 4.98 Å². The highest BCUT2D eigenvalue weighted by molar-refractivity contribution is 5.79. The van der Waals surface area contributed by atoms with Crippen LogP contribution in [-0.4, -0.2) is 44.0 Å². The number of piperazine rings is 1. The molecule has 5 nitrogen and oxygen atoms in total. The number of hydrogen-bond acceptors (Lipinski definition) is 4. The van der Waals surface area contributed by atoms with Crippen LogP contribution in [0.2, 0.25) is 0 Å². The number of rotatable bonds is 5. The molecule has 2 heterocycles. The summed E-state index contributed by atoms with van der Waals surface area (Å²) in [5, 5.41) is 6.71. The molecule has 0 aliphatic carbocycles. The number of ether oxygens (including phenoxy) is 1. The molecule has 120 valence electrons. The van der Waals surface area contributed by atoms with Crippen molar-refractivity contribution in [3.05, 3.63) is 54.2 Å². The Morgan fingerprint density at radius 1 is 1.09 bits per heavy atom. The van der Waals surface area contributed by atoms with Gasteiger partial charge < -0.3 is 4.74 Å². The van der Waals surface area contributed by atoms with Gasteiger partial charge in [0.15, 0.2) is 0 Å². The summed E-state index contributed by atoms with van der Waals surface area (Å²) in [6.45, 7) is 6.48. The molecule has 23 heavy (non-hydrogen) atoms. The molecule has 2 aromatic rings. The second-order valence-electron chi connectivity index (χ2n) is 5.44. The maximum absolute atomic E-state index is 5.45. The molecule has 0 spiro atoms. The van der Waals surface area contributed by atoms with Crippen LogP contribution in [0, 0.1) is 0 Å². The Bertz CT molecular complexity index is 619. The molecular weight excluding hydrogens is 288 g/mol. The van der Waals surface area contributed by atoms with Gasteiger partial charge in [-0.15, -0.1) is 0 Å². The number of benzene rings is 1. The molecule has 1 aliphatic heterocycles. The number of pyridine rings is 1. The van der Waals surface area contributed by atoms with Crippen LogP contribution in [0.5, 0.6) is 5.75 Å². The third-order valence-electron chi connectivity index (χ3n) is 3.85. The van der Waals surface area contributed by atoms with E-state index in [1.54, 1.807) is 0 Å². The highest BCUT2D eigenvalue weighted by Crippen LogP contribution is 2.12. The smallest absolute Gasteiger partial charge is 0.274 e. The monoisotopic (exact) mass is 311 g/mol. The predicted molar refractivity (Wildman–Crippen MR) is 92.0 cm³/mol.